The third kappa shape index (κ3) is 2.89. The molecule has 0 saturated carbocycles. The number of pyridine rings is 1. The van der Waals surface area contributed by atoms with Gasteiger partial charge in [0.2, 0.25) is 0 Å². The normalized spacial score (nSPS) is 12.4. The molecular formula is C14H17FN4. The van der Waals surface area contributed by atoms with Gasteiger partial charge in [-0.3, -0.25) is 16.3 Å². The molecule has 0 spiro atoms. The highest BCUT2D eigenvalue weighted by Crippen LogP contribution is 2.24. The summed E-state index contributed by atoms with van der Waals surface area (Å²) in [4.78, 5) is 4.02. The van der Waals surface area contributed by atoms with E-state index in [4.69, 9.17) is 11.6 Å². The molecule has 1 heterocycles. The van der Waals surface area contributed by atoms with Crippen molar-refractivity contribution in [1.29, 1.82) is 0 Å². The fourth-order valence-corrected chi connectivity index (χ4v) is 2.03. The van der Waals surface area contributed by atoms with Gasteiger partial charge in [0, 0.05) is 23.6 Å². The summed E-state index contributed by atoms with van der Waals surface area (Å²) in [6, 6.07) is 6.64. The van der Waals surface area contributed by atoms with Gasteiger partial charge in [0.05, 0.1) is 6.04 Å². The molecule has 19 heavy (non-hydrogen) atoms. The number of nitrogens with two attached hydrogens (primary N) is 2. The maximum absolute atomic E-state index is 14.1. The van der Waals surface area contributed by atoms with Crippen molar-refractivity contribution in [3.8, 4) is 0 Å². The van der Waals surface area contributed by atoms with Gasteiger partial charge in [0.15, 0.2) is 0 Å². The minimum Gasteiger partial charge on any atom is -0.398 e. The maximum atomic E-state index is 14.1. The first-order valence-corrected chi connectivity index (χ1v) is 6.03. The molecule has 100 valence electrons. The predicted octanol–water partition coefficient (Wildman–Crippen LogP) is 1.86. The van der Waals surface area contributed by atoms with Crippen molar-refractivity contribution in [2.45, 2.75) is 19.4 Å². The van der Waals surface area contributed by atoms with E-state index < -0.39 is 0 Å². The molecule has 0 amide bonds. The van der Waals surface area contributed by atoms with Gasteiger partial charge in [0.25, 0.3) is 0 Å². The number of hydrogen-bond donors (Lipinski definition) is 3. The van der Waals surface area contributed by atoms with Crippen LogP contribution in [0.1, 0.15) is 22.7 Å². The molecule has 0 fully saturated rings. The van der Waals surface area contributed by atoms with E-state index >= 15 is 0 Å². The van der Waals surface area contributed by atoms with Crippen LogP contribution in [0.5, 0.6) is 0 Å². The standard InChI is InChI=1S/C14H17FN4/c1-9-3-2-4-11(14(9)15)13(19-17)7-10-8-18-6-5-12(10)16/h2-6,8,13,19H,7,17H2,1H3,(H2,16,18). The molecule has 0 aliphatic carbocycles. The second-order valence-electron chi connectivity index (χ2n) is 4.48. The van der Waals surface area contributed by atoms with Crippen molar-refractivity contribution in [2.75, 3.05) is 5.73 Å². The topological polar surface area (TPSA) is 77.0 Å². The van der Waals surface area contributed by atoms with Crippen LogP contribution in [0.3, 0.4) is 0 Å². The van der Waals surface area contributed by atoms with Crippen LogP contribution in [0.2, 0.25) is 0 Å². The largest absolute Gasteiger partial charge is 0.398 e. The van der Waals surface area contributed by atoms with Gasteiger partial charge in [-0.2, -0.15) is 0 Å². The Bertz CT molecular complexity index is 571. The molecule has 0 aliphatic rings. The highest BCUT2D eigenvalue weighted by molar-refractivity contribution is 5.45. The third-order valence-electron chi connectivity index (χ3n) is 3.16. The smallest absolute Gasteiger partial charge is 0.130 e. The quantitative estimate of drug-likeness (QED) is 0.579. The van der Waals surface area contributed by atoms with E-state index in [2.05, 4.69) is 10.4 Å². The molecule has 5 heteroatoms. The number of nitrogens with zero attached hydrogens (tertiary/aromatic N) is 1. The molecule has 1 aromatic carbocycles. The molecule has 0 aliphatic heterocycles. The van der Waals surface area contributed by atoms with Crippen LogP contribution >= 0.6 is 0 Å². The van der Waals surface area contributed by atoms with Gasteiger partial charge in [0.1, 0.15) is 5.82 Å². The zero-order valence-corrected chi connectivity index (χ0v) is 10.7. The molecular weight excluding hydrogens is 243 g/mol. The van der Waals surface area contributed by atoms with Gasteiger partial charge in [-0.1, -0.05) is 18.2 Å². The lowest BCUT2D eigenvalue weighted by atomic mass is 9.97. The first-order valence-electron chi connectivity index (χ1n) is 6.03. The molecule has 1 aromatic heterocycles. The number of aromatic nitrogens is 1. The van der Waals surface area contributed by atoms with Crippen LogP contribution in [0.15, 0.2) is 36.7 Å². The zero-order valence-electron chi connectivity index (χ0n) is 10.7. The molecule has 2 rings (SSSR count). The Morgan fingerprint density at radius 1 is 1.37 bits per heavy atom. The Morgan fingerprint density at radius 3 is 2.84 bits per heavy atom. The number of aryl methyl sites for hydroxylation is 1. The number of nitrogen functional groups attached to an aromatic ring is 1. The van der Waals surface area contributed by atoms with Crippen molar-refractivity contribution < 1.29 is 4.39 Å². The van der Waals surface area contributed by atoms with E-state index in [1.165, 1.54) is 0 Å². The monoisotopic (exact) mass is 260 g/mol. The summed E-state index contributed by atoms with van der Waals surface area (Å²) >= 11 is 0. The van der Waals surface area contributed by atoms with Crippen molar-refractivity contribution in [1.82, 2.24) is 10.4 Å². The van der Waals surface area contributed by atoms with Gasteiger partial charge in [-0.25, -0.2) is 4.39 Å². The maximum Gasteiger partial charge on any atom is 0.130 e. The molecule has 1 atom stereocenters. The minimum atomic E-state index is -0.341. The average Bonchev–Trinajstić information content (AvgIpc) is 2.41. The molecule has 0 radical (unpaired) electrons. The number of benzene rings is 1. The molecule has 2 aromatic rings. The van der Waals surface area contributed by atoms with Gasteiger partial charge < -0.3 is 5.73 Å². The summed E-state index contributed by atoms with van der Waals surface area (Å²) in [6.07, 6.45) is 3.78. The Kier molecular flexibility index (Phi) is 4.09. The number of hydrogen-bond acceptors (Lipinski definition) is 4. The fraction of sp³-hybridized carbons (Fsp3) is 0.214. The van der Waals surface area contributed by atoms with Crippen LogP contribution in [-0.2, 0) is 6.42 Å². The molecule has 0 saturated heterocycles. The lowest BCUT2D eigenvalue weighted by Crippen LogP contribution is -2.30. The van der Waals surface area contributed by atoms with Crippen LogP contribution < -0.4 is 17.0 Å². The van der Waals surface area contributed by atoms with Crippen LogP contribution in [0, 0.1) is 12.7 Å². The Balaban J connectivity index is 2.31. The first-order chi connectivity index (χ1) is 9.13. The zero-order chi connectivity index (χ0) is 13.8. The third-order valence-corrected chi connectivity index (χ3v) is 3.16. The number of halogens is 1. The van der Waals surface area contributed by atoms with Gasteiger partial charge in [-0.05, 0) is 30.5 Å². The Morgan fingerprint density at radius 2 is 2.16 bits per heavy atom. The second-order valence-corrected chi connectivity index (χ2v) is 4.48. The molecule has 1 unspecified atom stereocenters. The van der Waals surface area contributed by atoms with Gasteiger partial charge in [-0.15, -0.1) is 0 Å². The number of anilines is 1. The second kappa shape index (κ2) is 5.77. The first kappa shape index (κ1) is 13.5. The predicted molar refractivity (Wildman–Crippen MR) is 73.6 cm³/mol. The lowest BCUT2D eigenvalue weighted by Gasteiger charge is -2.18. The van der Waals surface area contributed by atoms with Crippen LogP contribution in [0.4, 0.5) is 10.1 Å². The van der Waals surface area contributed by atoms with E-state index in [9.17, 15) is 4.39 Å². The SMILES string of the molecule is Cc1cccc(C(Cc2cnccc2N)NN)c1F. The van der Waals surface area contributed by atoms with E-state index in [1.54, 1.807) is 37.5 Å². The van der Waals surface area contributed by atoms with Crippen molar-refractivity contribution in [2.24, 2.45) is 5.84 Å². The van der Waals surface area contributed by atoms with Crippen LogP contribution in [0.25, 0.3) is 0 Å². The summed E-state index contributed by atoms with van der Waals surface area (Å²) < 4.78 is 14.1. The number of nitrogens with one attached hydrogen (secondary N) is 1. The van der Waals surface area contributed by atoms with Gasteiger partial charge >= 0.3 is 0 Å². The minimum absolute atomic E-state index is 0.243. The van der Waals surface area contributed by atoms with E-state index in [-0.39, 0.29) is 11.9 Å². The summed E-state index contributed by atoms with van der Waals surface area (Å²) in [5.41, 5.74) is 11.1. The Labute approximate surface area is 111 Å². The highest BCUT2D eigenvalue weighted by Gasteiger charge is 2.17. The van der Waals surface area contributed by atoms with Crippen molar-refractivity contribution >= 4 is 5.69 Å². The molecule has 4 nitrogen and oxygen atoms in total. The summed E-state index contributed by atoms with van der Waals surface area (Å²) in [5, 5.41) is 0. The molecule has 0 bridgehead atoms. The Hall–Kier alpha value is -1.98. The number of hydrazine groups is 1. The lowest BCUT2D eigenvalue weighted by molar-refractivity contribution is 0.507. The summed E-state index contributed by atoms with van der Waals surface area (Å²) in [5.74, 6) is 5.30. The van der Waals surface area contributed by atoms with Crippen molar-refractivity contribution in [3.63, 3.8) is 0 Å². The number of rotatable bonds is 4. The highest BCUT2D eigenvalue weighted by atomic mass is 19.1. The fourth-order valence-electron chi connectivity index (χ4n) is 2.03. The molecule has 5 N–H and O–H groups in total. The van der Waals surface area contributed by atoms with E-state index in [0.29, 0.717) is 23.2 Å². The summed E-state index contributed by atoms with van der Waals surface area (Å²) in [6.45, 7) is 1.73. The average molecular weight is 260 g/mol. The van der Waals surface area contributed by atoms with Crippen molar-refractivity contribution in [3.05, 3.63) is 59.2 Å². The summed E-state index contributed by atoms with van der Waals surface area (Å²) in [7, 11) is 0. The van der Waals surface area contributed by atoms with E-state index in [0.717, 1.165) is 5.56 Å². The van der Waals surface area contributed by atoms with Crippen LogP contribution in [-0.4, -0.2) is 4.98 Å². The van der Waals surface area contributed by atoms with E-state index in [1.807, 2.05) is 6.07 Å².